The molecular formula is C13H24IN. The topological polar surface area (TPSA) is 0 Å². The third kappa shape index (κ3) is 1.97. The molecule has 2 heteroatoms. The van der Waals surface area contributed by atoms with Crippen molar-refractivity contribution in [2.45, 2.75) is 38.1 Å². The quantitative estimate of drug-likeness (QED) is 0.452. The van der Waals surface area contributed by atoms with Crippen LogP contribution in [0, 0.1) is 23.7 Å². The Morgan fingerprint density at radius 1 is 0.733 bits per heavy atom. The van der Waals surface area contributed by atoms with Crippen molar-refractivity contribution < 1.29 is 28.5 Å². The molecule has 1 nitrogen and oxygen atoms in total. The molecule has 0 aromatic heterocycles. The van der Waals surface area contributed by atoms with Gasteiger partial charge in [-0.25, -0.2) is 0 Å². The fourth-order valence-corrected chi connectivity index (χ4v) is 5.16. The molecule has 0 radical (unpaired) electrons. The first-order chi connectivity index (χ1) is 6.54. The summed E-state index contributed by atoms with van der Waals surface area (Å²) >= 11 is 0. The minimum absolute atomic E-state index is 0. The van der Waals surface area contributed by atoms with Gasteiger partial charge >= 0.3 is 0 Å². The van der Waals surface area contributed by atoms with Crippen LogP contribution in [0.3, 0.4) is 0 Å². The van der Waals surface area contributed by atoms with E-state index in [4.69, 9.17) is 0 Å². The van der Waals surface area contributed by atoms with E-state index in [0.717, 1.165) is 29.7 Å². The summed E-state index contributed by atoms with van der Waals surface area (Å²) in [5, 5.41) is 0. The third-order valence-corrected chi connectivity index (χ3v) is 5.07. The van der Waals surface area contributed by atoms with Gasteiger partial charge in [0.25, 0.3) is 0 Å². The van der Waals surface area contributed by atoms with E-state index in [1.165, 1.54) is 4.48 Å². The average molecular weight is 321 g/mol. The molecular weight excluding hydrogens is 297 g/mol. The second kappa shape index (κ2) is 3.86. The Balaban J connectivity index is 0.000000853. The van der Waals surface area contributed by atoms with Crippen molar-refractivity contribution in [3.05, 3.63) is 0 Å². The van der Waals surface area contributed by atoms with Crippen LogP contribution in [0.5, 0.6) is 0 Å². The van der Waals surface area contributed by atoms with Crippen LogP contribution in [0.1, 0.15) is 32.1 Å². The second-order valence-electron chi connectivity index (χ2n) is 7.04. The molecule has 4 bridgehead atoms. The Kier molecular flexibility index (Phi) is 3.13. The molecule has 4 aliphatic carbocycles. The van der Waals surface area contributed by atoms with E-state index in [0.29, 0.717) is 0 Å². The predicted molar refractivity (Wildman–Crippen MR) is 58.9 cm³/mol. The van der Waals surface area contributed by atoms with E-state index in [-0.39, 0.29) is 24.0 Å². The molecule has 0 spiro atoms. The van der Waals surface area contributed by atoms with E-state index in [9.17, 15) is 0 Å². The number of nitrogens with zero attached hydrogens (tertiary/aromatic N) is 1. The van der Waals surface area contributed by atoms with Gasteiger partial charge in [0.05, 0.1) is 27.2 Å². The summed E-state index contributed by atoms with van der Waals surface area (Å²) in [5.74, 6) is 4.40. The second-order valence-corrected chi connectivity index (χ2v) is 7.04. The lowest BCUT2D eigenvalue weighted by molar-refractivity contribution is -0.907. The monoisotopic (exact) mass is 321 g/mol. The van der Waals surface area contributed by atoms with Crippen molar-refractivity contribution >= 4 is 0 Å². The minimum Gasteiger partial charge on any atom is -1.00 e. The molecule has 0 N–H and O–H groups in total. The van der Waals surface area contributed by atoms with Crippen molar-refractivity contribution in [2.24, 2.45) is 23.7 Å². The van der Waals surface area contributed by atoms with Crippen LogP contribution in [0.25, 0.3) is 0 Å². The fourth-order valence-electron chi connectivity index (χ4n) is 5.16. The van der Waals surface area contributed by atoms with Gasteiger partial charge in [0.1, 0.15) is 0 Å². The zero-order valence-electron chi connectivity index (χ0n) is 10.2. The predicted octanol–water partition coefficient (Wildman–Crippen LogP) is -0.479. The maximum Gasteiger partial charge on any atom is 0.0941 e. The van der Waals surface area contributed by atoms with E-state index in [1.54, 1.807) is 32.1 Å². The molecule has 88 valence electrons. The fraction of sp³-hybridized carbons (Fsp3) is 1.00. The maximum atomic E-state index is 2.41. The van der Waals surface area contributed by atoms with Gasteiger partial charge in [-0.1, -0.05) is 0 Å². The van der Waals surface area contributed by atoms with Crippen LogP contribution in [0.4, 0.5) is 0 Å². The summed E-state index contributed by atoms with van der Waals surface area (Å²) in [4.78, 5) is 0. The lowest BCUT2D eigenvalue weighted by Crippen LogP contribution is -3.00. The van der Waals surface area contributed by atoms with Crippen molar-refractivity contribution in [2.75, 3.05) is 21.1 Å². The molecule has 0 saturated heterocycles. The number of halogens is 1. The van der Waals surface area contributed by atoms with Gasteiger partial charge in [-0.2, -0.15) is 0 Å². The Bertz CT molecular complexity index is 215. The Labute approximate surface area is 111 Å². The van der Waals surface area contributed by atoms with Gasteiger partial charge in [0, 0.05) is 11.8 Å². The molecule has 4 rings (SSSR count). The van der Waals surface area contributed by atoms with Crippen molar-refractivity contribution in [1.29, 1.82) is 0 Å². The molecule has 0 aromatic rings. The number of quaternary nitrogens is 1. The third-order valence-electron chi connectivity index (χ3n) is 5.07. The van der Waals surface area contributed by atoms with Crippen LogP contribution in [-0.2, 0) is 0 Å². The SMILES string of the molecule is C[N+](C)(C)C1C2CC3CC(C2)CC1C3.[I-]. The first kappa shape index (κ1) is 12.2. The van der Waals surface area contributed by atoms with E-state index in [1.807, 2.05) is 0 Å². The number of hydrogen-bond donors (Lipinski definition) is 0. The molecule has 0 unspecified atom stereocenters. The molecule has 15 heavy (non-hydrogen) atoms. The summed E-state index contributed by atoms with van der Waals surface area (Å²) < 4.78 is 1.22. The lowest BCUT2D eigenvalue weighted by Gasteiger charge is -2.57. The zero-order valence-corrected chi connectivity index (χ0v) is 12.4. The highest BCUT2D eigenvalue weighted by Crippen LogP contribution is 2.55. The first-order valence-electron chi connectivity index (χ1n) is 6.35. The molecule has 0 aliphatic heterocycles. The van der Waals surface area contributed by atoms with Crippen molar-refractivity contribution in [1.82, 2.24) is 0 Å². The lowest BCUT2D eigenvalue weighted by atomic mass is 9.53. The van der Waals surface area contributed by atoms with Crippen LogP contribution in [0.2, 0.25) is 0 Å². The minimum atomic E-state index is 0. The van der Waals surface area contributed by atoms with Gasteiger partial charge in [-0.15, -0.1) is 0 Å². The maximum absolute atomic E-state index is 2.41. The highest BCUT2D eigenvalue weighted by Gasteiger charge is 2.53. The molecule has 0 amide bonds. The van der Waals surface area contributed by atoms with Gasteiger partial charge < -0.3 is 28.5 Å². The molecule has 0 aromatic carbocycles. The van der Waals surface area contributed by atoms with Gasteiger partial charge in [0.15, 0.2) is 0 Å². The summed E-state index contributed by atoms with van der Waals surface area (Å²) in [5.41, 5.74) is 0. The van der Waals surface area contributed by atoms with E-state index < -0.39 is 0 Å². The van der Waals surface area contributed by atoms with Crippen molar-refractivity contribution in [3.63, 3.8) is 0 Å². The smallest absolute Gasteiger partial charge is 0.0941 e. The number of rotatable bonds is 1. The van der Waals surface area contributed by atoms with Gasteiger partial charge in [-0.05, 0) is 43.9 Å². The van der Waals surface area contributed by atoms with Gasteiger partial charge in [0.2, 0.25) is 0 Å². The zero-order chi connectivity index (χ0) is 9.92. The Morgan fingerprint density at radius 2 is 1.13 bits per heavy atom. The van der Waals surface area contributed by atoms with Crippen LogP contribution in [0.15, 0.2) is 0 Å². The van der Waals surface area contributed by atoms with Crippen LogP contribution in [-0.4, -0.2) is 31.7 Å². The molecule has 4 saturated carbocycles. The Hall–Kier alpha value is 0.690. The van der Waals surface area contributed by atoms with E-state index >= 15 is 0 Å². The molecule has 0 atom stereocenters. The normalized spacial score (nSPS) is 47.8. The van der Waals surface area contributed by atoms with E-state index in [2.05, 4.69) is 21.1 Å². The summed E-state index contributed by atoms with van der Waals surface area (Å²) in [6.07, 6.45) is 7.83. The highest BCUT2D eigenvalue weighted by atomic mass is 127. The number of hydrogen-bond acceptors (Lipinski definition) is 0. The standard InChI is InChI=1S/C13H24N.HI/c1-14(2,3)13-11-5-9-4-10(7-11)8-12(13)6-9;/h9-13H,4-8H2,1-3H3;1H/q+1;/p-1. The largest absolute Gasteiger partial charge is 1.00 e. The summed E-state index contributed by atoms with van der Waals surface area (Å²) in [6, 6.07) is 0.989. The average Bonchev–Trinajstić information content (AvgIpc) is 1.97. The molecule has 4 fully saturated rings. The summed E-state index contributed by atoms with van der Waals surface area (Å²) in [7, 11) is 7.23. The van der Waals surface area contributed by atoms with Crippen molar-refractivity contribution in [3.8, 4) is 0 Å². The molecule has 0 heterocycles. The van der Waals surface area contributed by atoms with Crippen LogP contribution >= 0.6 is 0 Å². The summed E-state index contributed by atoms with van der Waals surface area (Å²) in [6.45, 7) is 0. The Morgan fingerprint density at radius 3 is 1.47 bits per heavy atom. The first-order valence-corrected chi connectivity index (χ1v) is 6.35. The van der Waals surface area contributed by atoms with Crippen LogP contribution < -0.4 is 24.0 Å². The van der Waals surface area contributed by atoms with Gasteiger partial charge in [-0.3, -0.25) is 0 Å². The molecule has 4 aliphatic rings. The highest BCUT2D eigenvalue weighted by molar-refractivity contribution is 4.98.